The van der Waals surface area contributed by atoms with Crippen molar-refractivity contribution < 1.29 is 9.53 Å². The smallest absolute Gasteiger partial charge is 0.335 e. The van der Waals surface area contributed by atoms with E-state index in [1.54, 1.807) is 13.8 Å². The van der Waals surface area contributed by atoms with Crippen molar-refractivity contribution in [1.82, 2.24) is 0 Å². The van der Waals surface area contributed by atoms with E-state index in [4.69, 9.17) is 0 Å². The molecule has 0 aliphatic heterocycles. The van der Waals surface area contributed by atoms with E-state index in [-0.39, 0.29) is 0 Å². The molecule has 0 saturated heterocycles. The zero-order chi connectivity index (χ0) is 13.8. The molecule has 0 aliphatic rings. The number of benzene rings is 1. The fourth-order valence-corrected chi connectivity index (χ4v) is 1.29. The molecule has 0 unspecified atom stereocenters. The Bertz CT molecular complexity index is 436. The van der Waals surface area contributed by atoms with Crippen LogP contribution in [0, 0.1) is 0 Å². The number of hydrogen-bond donors (Lipinski definition) is 0. The second-order valence-corrected chi connectivity index (χ2v) is 4.66. The predicted molar refractivity (Wildman–Crippen MR) is 71.4 cm³/mol. The van der Waals surface area contributed by atoms with E-state index in [0.29, 0.717) is 5.69 Å². The van der Waals surface area contributed by atoms with Crippen LogP contribution in [-0.4, -0.2) is 32.7 Å². The van der Waals surface area contributed by atoms with Crippen LogP contribution in [0.15, 0.2) is 34.5 Å². The third-order valence-corrected chi connectivity index (χ3v) is 2.47. The molecule has 1 aromatic carbocycles. The number of carbonyl (C=O) groups is 1. The van der Waals surface area contributed by atoms with E-state index in [2.05, 4.69) is 15.0 Å². The third-order valence-electron chi connectivity index (χ3n) is 2.47. The highest BCUT2D eigenvalue weighted by atomic mass is 16.5. The lowest BCUT2D eigenvalue weighted by Crippen LogP contribution is -2.30. The van der Waals surface area contributed by atoms with Crippen molar-refractivity contribution in [2.45, 2.75) is 19.4 Å². The van der Waals surface area contributed by atoms with Crippen LogP contribution >= 0.6 is 0 Å². The van der Waals surface area contributed by atoms with E-state index < -0.39 is 11.5 Å². The largest absolute Gasteiger partial charge is 0.467 e. The van der Waals surface area contributed by atoms with Crippen LogP contribution in [0.5, 0.6) is 0 Å². The monoisotopic (exact) mass is 249 g/mol. The van der Waals surface area contributed by atoms with Gasteiger partial charge in [-0.1, -0.05) is 0 Å². The maximum atomic E-state index is 11.4. The average Bonchev–Trinajstić information content (AvgIpc) is 2.35. The van der Waals surface area contributed by atoms with Crippen LogP contribution in [-0.2, 0) is 9.53 Å². The van der Waals surface area contributed by atoms with Crippen molar-refractivity contribution in [2.75, 3.05) is 26.1 Å². The van der Waals surface area contributed by atoms with Gasteiger partial charge in [-0.15, -0.1) is 0 Å². The van der Waals surface area contributed by atoms with Gasteiger partial charge >= 0.3 is 5.97 Å². The molecule has 5 heteroatoms. The second kappa shape index (κ2) is 5.62. The minimum absolute atomic E-state index is 0.406. The Labute approximate surface area is 107 Å². The Morgan fingerprint density at radius 2 is 1.78 bits per heavy atom. The van der Waals surface area contributed by atoms with Gasteiger partial charge in [0.15, 0.2) is 5.54 Å². The zero-order valence-electron chi connectivity index (χ0n) is 11.5. The highest BCUT2D eigenvalue weighted by molar-refractivity contribution is 5.79. The summed E-state index contributed by atoms with van der Waals surface area (Å²) < 4.78 is 4.65. The summed E-state index contributed by atoms with van der Waals surface area (Å²) in [5.41, 5.74) is 0.827. The first-order valence-corrected chi connectivity index (χ1v) is 5.65. The van der Waals surface area contributed by atoms with Crippen molar-refractivity contribution in [2.24, 2.45) is 10.2 Å². The van der Waals surface area contributed by atoms with Crippen LogP contribution < -0.4 is 4.90 Å². The number of methoxy groups -OCH3 is 1. The molecule has 0 N–H and O–H groups in total. The normalized spacial score (nSPS) is 11.6. The van der Waals surface area contributed by atoms with Gasteiger partial charge in [0, 0.05) is 19.8 Å². The number of hydrogen-bond acceptors (Lipinski definition) is 5. The third kappa shape index (κ3) is 3.55. The van der Waals surface area contributed by atoms with Gasteiger partial charge in [0.1, 0.15) is 0 Å². The summed E-state index contributed by atoms with van der Waals surface area (Å²) in [6.45, 7) is 3.33. The standard InChI is InChI=1S/C13H19N3O2/c1-13(2,12(17)18-5)15-14-10-6-8-11(9-7-10)16(3)4/h6-9H,1-5H3. The summed E-state index contributed by atoms with van der Waals surface area (Å²) in [4.78, 5) is 13.4. The summed E-state index contributed by atoms with van der Waals surface area (Å²) in [6, 6.07) is 7.59. The lowest BCUT2D eigenvalue weighted by atomic mass is 10.1. The molecule has 0 amide bonds. The van der Waals surface area contributed by atoms with Gasteiger partial charge in [0.2, 0.25) is 0 Å². The number of nitrogens with zero attached hydrogens (tertiary/aromatic N) is 3. The number of rotatable bonds is 4. The van der Waals surface area contributed by atoms with E-state index in [9.17, 15) is 4.79 Å². The number of esters is 1. The maximum Gasteiger partial charge on any atom is 0.335 e. The molecule has 1 aromatic rings. The summed E-state index contributed by atoms with van der Waals surface area (Å²) in [6.07, 6.45) is 0. The first-order valence-electron chi connectivity index (χ1n) is 5.65. The van der Waals surface area contributed by atoms with Crippen molar-refractivity contribution in [3.8, 4) is 0 Å². The number of azo groups is 1. The van der Waals surface area contributed by atoms with Crippen LogP contribution in [0.4, 0.5) is 11.4 Å². The summed E-state index contributed by atoms with van der Waals surface area (Å²) in [5.74, 6) is -0.406. The van der Waals surface area contributed by atoms with Gasteiger partial charge in [-0.05, 0) is 38.1 Å². The topological polar surface area (TPSA) is 54.3 Å². The molecule has 0 spiro atoms. The van der Waals surface area contributed by atoms with Gasteiger partial charge in [0.25, 0.3) is 0 Å². The van der Waals surface area contributed by atoms with E-state index in [0.717, 1.165) is 5.69 Å². The average molecular weight is 249 g/mol. The zero-order valence-corrected chi connectivity index (χ0v) is 11.5. The van der Waals surface area contributed by atoms with Crippen molar-refractivity contribution in [3.63, 3.8) is 0 Å². The Morgan fingerprint density at radius 1 is 1.22 bits per heavy atom. The lowest BCUT2D eigenvalue weighted by molar-refractivity contribution is -0.145. The highest BCUT2D eigenvalue weighted by Gasteiger charge is 2.28. The van der Waals surface area contributed by atoms with Crippen molar-refractivity contribution in [3.05, 3.63) is 24.3 Å². The molecule has 0 heterocycles. The van der Waals surface area contributed by atoms with E-state index in [1.807, 2.05) is 43.3 Å². The molecule has 0 bridgehead atoms. The van der Waals surface area contributed by atoms with Crippen molar-refractivity contribution >= 4 is 17.3 Å². The number of ether oxygens (including phenoxy) is 1. The Balaban J connectivity index is 2.81. The van der Waals surface area contributed by atoms with Gasteiger partial charge < -0.3 is 9.64 Å². The Morgan fingerprint density at radius 3 is 2.22 bits per heavy atom. The molecule has 0 aromatic heterocycles. The van der Waals surface area contributed by atoms with E-state index in [1.165, 1.54) is 7.11 Å². The molecule has 1 rings (SSSR count). The van der Waals surface area contributed by atoms with Gasteiger partial charge in [-0.3, -0.25) is 0 Å². The fraction of sp³-hybridized carbons (Fsp3) is 0.462. The number of anilines is 1. The predicted octanol–water partition coefficient (Wildman–Crippen LogP) is 2.79. The summed E-state index contributed by atoms with van der Waals surface area (Å²) in [7, 11) is 5.28. The molecule has 0 aliphatic carbocycles. The molecule has 0 radical (unpaired) electrons. The minimum atomic E-state index is -0.963. The first-order chi connectivity index (χ1) is 8.36. The molecular weight excluding hydrogens is 230 g/mol. The molecule has 0 saturated carbocycles. The Hall–Kier alpha value is -1.91. The quantitative estimate of drug-likeness (QED) is 0.609. The van der Waals surface area contributed by atoms with Crippen LogP contribution in [0.2, 0.25) is 0 Å². The lowest BCUT2D eigenvalue weighted by Gasteiger charge is -2.14. The van der Waals surface area contributed by atoms with Crippen LogP contribution in [0.25, 0.3) is 0 Å². The van der Waals surface area contributed by atoms with Gasteiger partial charge in [-0.25, -0.2) is 4.79 Å². The van der Waals surface area contributed by atoms with Crippen molar-refractivity contribution in [1.29, 1.82) is 0 Å². The van der Waals surface area contributed by atoms with E-state index >= 15 is 0 Å². The molecule has 18 heavy (non-hydrogen) atoms. The highest BCUT2D eigenvalue weighted by Crippen LogP contribution is 2.21. The number of carbonyl (C=O) groups excluding carboxylic acids is 1. The molecular formula is C13H19N3O2. The fourth-order valence-electron chi connectivity index (χ4n) is 1.29. The Kier molecular flexibility index (Phi) is 4.42. The van der Waals surface area contributed by atoms with Gasteiger partial charge in [-0.2, -0.15) is 10.2 Å². The SMILES string of the molecule is COC(=O)C(C)(C)N=Nc1ccc(N(C)C)cc1. The van der Waals surface area contributed by atoms with Crippen LogP contribution in [0.1, 0.15) is 13.8 Å². The molecule has 98 valence electrons. The summed E-state index contributed by atoms with van der Waals surface area (Å²) in [5, 5.41) is 8.06. The molecule has 0 fully saturated rings. The van der Waals surface area contributed by atoms with Gasteiger partial charge in [0.05, 0.1) is 12.8 Å². The van der Waals surface area contributed by atoms with Crippen LogP contribution in [0.3, 0.4) is 0 Å². The molecule has 5 nitrogen and oxygen atoms in total. The first kappa shape index (κ1) is 14.2. The summed E-state index contributed by atoms with van der Waals surface area (Å²) >= 11 is 0. The molecule has 0 atom stereocenters. The second-order valence-electron chi connectivity index (χ2n) is 4.66. The minimum Gasteiger partial charge on any atom is -0.467 e. The maximum absolute atomic E-state index is 11.4.